The number of amides is 2. The predicted octanol–water partition coefficient (Wildman–Crippen LogP) is 4.49. The van der Waals surface area contributed by atoms with Gasteiger partial charge in [0, 0.05) is 56.2 Å². The summed E-state index contributed by atoms with van der Waals surface area (Å²) in [5.74, 6) is -0.0157. The smallest absolute Gasteiger partial charge is 0.319 e. The molecule has 2 aliphatic rings. The third kappa shape index (κ3) is 5.93. The van der Waals surface area contributed by atoms with Crippen LogP contribution in [0.15, 0.2) is 42.7 Å². The van der Waals surface area contributed by atoms with Crippen LogP contribution in [0.3, 0.4) is 0 Å². The van der Waals surface area contributed by atoms with E-state index in [1.807, 2.05) is 16.9 Å². The van der Waals surface area contributed by atoms with Gasteiger partial charge >= 0.3 is 6.03 Å². The summed E-state index contributed by atoms with van der Waals surface area (Å²) in [5.41, 5.74) is 1.86. The van der Waals surface area contributed by atoms with Crippen LogP contribution in [-0.4, -0.2) is 69.8 Å². The fraction of sp³-hybridized carbons (Fsp3) is 0.385. The Kier molecular flexibility index (Phi) is 7.16. The molecule has 0 bridgehead atoms. The van der Waals surface area contributed by atoms with E-state index >= 15 is 0 Å². The summed E-state index contributed by atoms with van der Waals surface area (Å²) in [7, 11) is 0. The van der Waals surface area contributed by atoms with Gasteiger partial charge in [0.05, 0.1) is 34.5 Å². The average molecular weight is 538 g/mol. The topological polar surface area (TPSA) is 106 Å². The zero-order valence-corrected chi connectivity index (χ0v) is 21.5. The highest BCUT2D eigenvalue weighted by atomic mass is 32.1. The number of nitrogens with one attached hydrogen (secondary N) is 2. The number of hydrogen-bond donors (Lipinski definition) is 2. The van der Waals surface area contributed by atoms with Crippen molar-refractivity contribution in [1.29, 1.82) is 0 Å². The van der Waals surface area contributed by atoms with Crippen molar-refractivity contribution in [3.8, 4) is 22.1 Å². The molecule has 198 valence electrons. The van der Waals surface area contributed by atoms with Crippen LogP contribution in [0.1, 0.15) is 19.3 Å². The summed E-state index contributed by atoms with van der Waals surface area (Å²) in [4.78, 5) is 19.7. The van der Waals surface area contributed by atoms with Crippen LogP contribution >= 0.6 is 11.3 Å². The summed E-state index contributed by atoms with van der Waals surface area (Å²) in [6, 6.07) is 7.90. The quantitative estimate of drug-likeness (QED) is 0.324. The molecule has 3 aromatic heterocycles. The highest BCUT2D eigenvalue weighted by molar-refractivity contribution is 7.22. The van der Waals surface area contributed by atoms with Crippen LogP contribution in [0.4, 0.5) is 14.9 Å². The number of benzene rings is 1. The molecule has 4 heterocycles. The lowest BCUT2D eigenvalue weighted by Crippen LogP contribution is -2.37. The van der Waals surface area contributed by atoms with Gasteiger partial charge in [0.15, 0.2) is 11.6 Å². The molecular weight excluding hydrogens is 509 g/mol. The van der Waals surface area contributed by atoms with Gasteiger partial charge in [-0.05, 0) is 37.5 Å². The maximum Gasteiger partial charge on any atom is 0.319 e. The van der Waals surface area contributed by atoms with Crippen molar-refractivity contribution in [2.45, 2.75) is 31.8 Å². The molecule has 0 unspecified atom stereocenters. The molecule has 0 spiro atoms. The van der Waals surface area contributed by atoms with Crippen molar-refractivity contribution in [3.05, 3.63) is 48.5 Å². The molecular formula is C26H28FN7O3S. The number of halogens is 1. The van der Waals surface area contributed by atoms with Crippen LogP contribution in [-0.2, 0) is 11.3 Å². The second-order valence-corrected chi connectivity index (χ2v) is 10.5. The summed E-state index contributed by atoms with van der Waals surface area (Å²) in [5, 5.41) is 14.1. The van der Waals surface area contributed by atoms with Gasteiger partial charge in [0.1, 0.15) is 11.4 Å². The minimum atomic E-state index is -0.573. The van der Waals surface area contributed by atoms with E-state index in [0.717, 1.165) is 79.4 Å². The highest BCUT2D eigenvalue weighted by Crippen LogP contribution is 2.39. The number of morpholine rings is 1. The van der Waals surface area contributed by atoms with Gasteiger partial charge in [0.25, 0.3) is 0 Å². The first-order valence-electron chi connectivity index (χ1n) is 12.7. The molecule has 1 aliphatic heterocycles. The molecule has 6 rings (SSSR count). The zero-order chi connectivity index (χ0) is 25.9. The zero-order valence-electron chi connectivity index (χ0n) is 20.7. The second kappa shape index (κ2) is 11.0. The maximum atomic E-state index is 14.8. The molecule has 2 N–H and O–H groups in total. The van der Waals surface area contributed by atoms with E-state index in [0.29, 0.717) is 11.4 Å². The van der Waals surface area contributed by atoms with Crippen LogP contribution in [0, 0.1) is 5.82 Å². The Labute approximate surface area is 222 Å². The van der Waals surface area contributed by atoms with Gasteiger partial charge < -0.3 is 20.1 Å². The molecule has 10 nitrogen and oxygen atoms in total. The third-order valence-corrected chi connectivity index (χ3v) is 7.62. The van der Waals surface area contributed by atoms with Gasteiger partial charge in [-0.25, -0.2) is 9.18 Å². The largest absolute Gasteiger partial charge is 0.453 e. The number of carbonyl (C=O) groups excluding carboxylic acids is 1. The molecule has 38 heavy (non-hydrogen) atoms. The minimum absolute atomic E-state index is 0.0619. The van der Waals surface area contributed by atoms with E-state index in [-0.39, 0.29) is 17.8 Å². The van der Waals surface area contributed by atoms with Crippen LogP contribution < -0.4 is 15.4 Å². The molecule has 1 aromatic carbocycles. The fourth-order valence-corrected chi connectivity index (χ4v) is 5.30. The Bertz CT molecular complexity index is 1430. The normalized spacial score (nSPS) is 16.0. The molecule has 2 fully saturated rings. The van der Waals surface area contributed by atoms with Crippen molar-refractivity contribution in [1.82, 2.24) is 30.2 Å². The number of rotatable bonds is 9. The lowest BCUT2D eigenvalue weighted by molar-refractivity contribution is 0.0368. The summed E-state index contributed by atoms with van der Waals surface area (Å²) < 4.78 is 28.8. The molecule has 1 aliphatic carbocycles. The van der Waals surface area contributed by atoms with Gasteiger partial charge in [-0.15, -0.1) is 16.4 Å². The Morgan fingerprint density at radius 1 is 1.16 bits per heavy atom. The number of urea groups is 1. The number of nitrogens with zero attached hydrogens (tertiary/aromatic N) is 5. The Morgan fingerprint density at radius 3 is 2.84 bits per heavy atom. The molecule has 1 saturated carbocycles. The van der Waals surface area contributed by atoms with E-state index < -0.39 is 5.82 Å². The second-order valence-electron chi connectivity index (χ2n) is 9.43. The molecule has 0 atom stereocenters. The van der Waals surface area contributed by atoms with Gasteiger partial charge in [-0.1, -0.05) is 5.21 Å². The monoisotopic (exact) mass is 537 g/mol. The van der Waals surface area contributed by atoms with Gasteiger partial charge in [-0.2, -0.15) is 0 Å². The first kappa shape index (κ1) is 24.7. The summed E-state index contributed by atoms with van der Waals surface area (Å²) >= 11 is 1.47. The number of ether oxygens (including phenoxy) is 2. The lowest BCUT2D eigenvalue weighted by atomic mass is 10.3. The fourth-order valence-electron chi connectivity index (χ4n) is 4.28. The van der Waals surface area contributed by atoms with Crippen molar-refractivity contribution in [2.75, 3.05) is 38.2 Å². The number of thiophene rings is 1. The third-order valence-electron chi connectivity index (χ3n) is 6.45. The molecule has 12 heteroatoms. The van der Waals surface area contributed by atoms with Crippen molar-refractivity contribution >= 4 is 33.3 Å². The van der Waals surface area contributed by atoms with Crippen LogP contribution in [0.25, 0.3) is 20.8 Å². The molecule has 1 saturated heterocycles. The molecule has 4 aromatic rings. The Morgan fingerprint density at radius 2 is 2.03 bits per heavy atom. The summed E-state index contributed by atoms with van der Waals surface area (Å²) in [6.45, 7) is 5.34. The SMILES string of the molecule is O=C(Nc1ccc(Oc2ccnc3cc(-c4cn(CCCN5CCOCC5)nn4)sc23)c(F)c1)NC1CC1. The summed E-state index contributed by atoms with van der Waals surface area (Å²) in [6.07, 6.45) is 6.52. The van der Waals surface area contributed by atoms with E-state index in [4.69, 9.17) is 9.47 Å². The van der Waals surface area contributed by atoms with Gasteiger partial charge in [0.2, 0.25) is 0 Å². The number of pyridine rings is 1. The van der Waals surface area contributed by atoms with E-state index in [1.54, 1.807) is 18.3 Å². The van der Waals surface area contributed by atoms with E-state index in [1.165, 1.54) is 23.5 Å². The minimum Gasteiger partial charge on any atom is -0.453 e. The van der Waals surface area contributed by atoms with Crippen LogP contribution in [0.2, 0.25) is 0 Å². The van der Waals surface area contributed by atoms with E-state index in [2.05, 4.69) is 30.8 Å². The van der Waals surface area contributed by atoms with Crippen molar-refractivity contribution in [3.63, 3.8) is 0 Å². The first-order valence-corrected chi connectivity index (χ1v) is 13.6. The number of fused-ring (bicyclic) bond motifs is 1. The lowest BCUT2D eigenvalue weighted by Gasteiger charge is -2.26. The van der Waals surface area contributed by atoms with Crippen molar-refractivity contribution < 1.29 is 18.7 Å². The highest BCUT2D eigenvalue weighted by Gasteiger charge is 2.23. The maximum absolute atomic E-state index is 14.8. The van der Waals surface area contributed by atoms with Gasteiger partial charge in [-0.3, -0.25) is 14.6 Å². The average Bonchev–Trinajstić information content (AvgIpc) is 3.41. The standard InChI is InChI=1S/C26H28FN7O3S/c27-19-14-18(30-26(35)29-17-2-3-17)4-5-22(19)37-23-6-7-28-20-15-24(38-25(20)23)21-16-34(32-31-21)9-1-8-33-10-12-36-13-11-33/h4-7,14-17H,1-3,8-13H2,(H2,29,30,35). The Hall–Kier alpha value is -3.61. The molecule has 2 amide bonds. The molecule has 0 radical (unpaired) electrons. The number of hydrogen-bond acceptors (Lipinski definition) is 8. The van der Waals surface area contributed by atoms with E-state index in [9.17, 15) is 9.18 Å². The number of carbonyl (C=O) groups is 1. The predicted molar refractivity (Wildman–Crippen MR) is 142 cm³/mol. The van der Waals surface area contributed by atoms with Crippen molar-refractivity contribution in [2.24, 2.45) is 0 Å². The first-order chi connectivity index (χ1) is 18.6. The number of aryl methyl sites for hydroxylation is 1. The Balaban J connectivity index is 1.12. The number of anilines is 1. The number of aromatic nitrogens is 4. The van der Waals surface area contributed by atoms with Crippen LogP contribution in [0.5, 0.6) is 11.5 Å².